The monoisotopic (exact) mass is 238 g/mol. The Kier molecular flexibility index (Phi) is 3.19. The maximum absolute atomic E-state index is 11.3. The van der Waals surface area contributed by atoms with Crippen molar-refractivity contribution in [2.75, 3.05) is 13.1 Å². The number of carboxylic acids is 1. The van der Waals surface area contributed by atoms with Crippen molar-refractivity contribution in [3.05, 3.63) is 17.8 Å². The first-order valence-corrected chi connectivity index (χ1v) is 5.92. The summed E-state index contributed by atoms with van der Waals surface area (Å²) in [6.45, 7) is 5.91. The molecule has 1 saturated heterocycles. The van der Waals surface area contributed by atoms with E-state index < -0.39 is 11.4 Å². The summed E-state index contributed by atoms with van der Waals surface area (Å²) in [5.74, 6) is 0.133. The standard InChI is InChI=1S/C12H18N2O3/c1-3-12(11(15)16)4-5-14(7-12)6-10-9(2)17-8-13-10/h8H,3-7H2,1-2H3,(H,15,16). The van der Waals surface area contributed by atoms with E-state index in [-0.39, 0.29) is 0 Å². The molecule has 1 unspecified atom stereocenters. The van der Waals surface area contributed by atoms with Crippen LogP contribution in [0.2, 0.25) is 0 Å². The molecule has 1 aromatic rings. The van der Waals surface area contributed by atoms with Gasteiger partial charge in [-0.05, 0) is 26.3 Å². The van der Waals surface area contributed by atoms with Crippen LogP contribution in [0.4, 0.5) is 0 Å². The van der Waals surface area contributed by atoms with Crippen LogP contribution >= 0.6 is 0 Å². The number of carboxylic acid groups (broad SMARTS) is 1. The summed E-state index contributed by atoms with van der Waals surface area (Å²) in [6.07, 6.45) is 2.83. The van der Waals surface area contributed by atoms with Gasteiger partial charge in [-0.15, -0.1) is 0 Å². The highest BCUT2D eigenvalue weighted by molar-refractivity contribution is 5.75. The van der Waals surface area contributed by atoms with Gasteiger partial charge in [-0.1, -0.05) is 6.92 Å². The molecule has 0 bridgehead atoms. The molecule has 5 heteroatoms. The fourth-order valence-electron chi connectivity index (χ4n) is 2.40. The Balaban J connectivity index is 2.03. The highest BCUT2D eigenvalue weighted by Gasteiger charge is 2.43. The van der Waals surface area contributed by atoms with Crippen LogP contribution in [0.25, 0.3) is 0 Å². The minimum Gasteiger partial charge on any atom is -0.481 e. The van der Waals surface area contributed by atoms with Gasteiger partial charge in [-0.3, -0.25) is 9.69 Å². The summed E-state index contributed by atoms with van der Waals surface area (Å²) < 4.78 is 5.15. The molecule has 1 N–H and O–H groups in total. The normalized spacial score (nSPS) is 25.3. The summed E-state index contributed by atoms with van der Waals surface area (Å²) in [7, 11) is 0. The van der Waals surface area contributed by atoms with Crippen LogP contribution in [-0.4, -0.2) is 34.0 Å². The minimum absolute atomic E-state index is 0.572. The number of aliphatic carboxylic acids is 1. The van der Waals surface area contributed by atoms with Crippen molar-refractivity contribution in [1.29, 1.82) is 0 Å². The van der Waals surface area contributed by atoms with Crippen LogP contribution in [-0.2, 0) is 11.3 Å². The van der Waals surface area contributed by atoms with E-state index in [1.807, 2.05) is 13.8 Å². The molecule has 17 heavy (non-hydrogen) atoms. The molecule has 0 amide bonds. The molecule has 1 aliphatic heterocycles. The second-order valence-electron chi connectivity index (χ2n) is 4.75. The number of oxazole rings is 1. The number of hydrogen-bond acceptors (Lipinski definition) is 4. The van der Waals surface area contributed by atoms with Gasteiger partial charge in [-0.2, -0.15) is 0 Å². The third-order valence-electron chi connectivity index (χ3n) is 3.78. The summed E-state index contributed by atoms with van der Waals surface area (Å²) >= 11 is 0. The van der Waals surface area contributed by atoms with Crippen molar-refractivity contribution in [3.63, 3.8) is 0 Å². The Bertz CT molecular complexity index is 416. The van der Waals surface area contributed by atoms with E-state index in [1.54, 1.807) is 0 Å². The van der Waals surface area contributed by atoms with E-state index >= 15 is 0 Å². The summed E-state index contributed by atoms with van der Waals surface area (Å²) in [5, 5.41) is 9.30. The Hall–Kier alpha value is -1.36. The lowest BCUT2D eigenvalue weighted by molar-refractivity contribution is -0.148. The molecular formula is C12H18N2O3. The SMILES string of the molecule is CCC1(C(=O)O)CCN(Cc2ncoc2C)C1. The first-order chi connectivity index (χ1) is 8.07. The lowest BCUT2D eigenvalue weighted by Crippen LogP contribution is -2.34. The van der Waals surface area contributed by atoms with Crippen molar-refractivity contribution in [2.45, 2.75) is 33.2 Å². The molecule has 5 nitrogen and oxygen atoms in total. The van der Waals surface area contributed by atoms with E-state index in [1.165, 1.54) is 6.39 Å². The van der Waals surface area contributed by atoms with Crippen molar-refractivity contribution in [1.82, 2.24) is 9.88 Å². The molecule has 2 heterocycles. The Morgan fingerprint density at radius 2 is 2.47 bits per heavy atom. The zero-order valence-electron chi connectivity index (χ0n) is 10.3. The van der Waals surface area contributed by atoms with Crippen LogP contribution in [0.15, 0.2) is 10.8 Å². The van der Waals surface area contributed by atoms with Crippen LogP contribution < -0.4 is 0 Å². The topological polar surface area (TPSA) is 66.6 Å². The second kappa shape index (κ2) is 4.49. The molecule has 0 saturated carbocycles. The molecule has 94 valence electrons. The lowest BCUT2D eigenvalue weighted by atomic mass is 9.84. The average Bonchev–Trinajstić information content (AvgIpc) is 2.88. The van der Waals surface area contributed by atoms with Gasteiger partial charge >= 0.3 is 5.97 Å². The minimum atomic E-state index is -0.681. The Morgan fingerprint density at radius 1 is 1.71 bits per heavy atom. The molecule has 2 rings (SSSR count). The third-order valence-corrected chi connectivity index (χ3v) is 3.78. The molecule has 0 aliphatic carbocycles. The van der Waals surface area contributed by atoms with Gasteiger partial charge in [0.25, 0.3) is 0 Å². The zero-order valence-corrected chi connectivity index (χ0v) is 10.3. The molecule has 0 aromatic carbocycles. The van der Waals surface area contributed by atoms with Gasteiger partial charge in [0.15, 0.2) is 6.39 Å². The van der Waals surface area contributed by atoms with Gasteiger partial charge in [0.1, 0.15) is 5.76 Å². The number of rotatable bonds is 4. The van der Waals surface area contributed by atoms with Gasteiger partial charge in [-0.25, -0.2) is 4.98 Å². The highest BCUT2D eigenvalue weighted by Crippen LogP contribution is 2.34. The van der Waals surface area contributed by atoms with E-state index in [0.29, 0.717) is 19.5 Å². The van der Waals surface area contributed by atoms with E-state index in [4.69, 9.17) is 4.42 Å². The van der Waals surface area contributed by atoms with Crippen molar-refractivity contribution in [3.8, 4) is 0 Å². The number of likely N-dealkylation sites (tertiary alicyclic amines) is 1. The van der Waals surface area contributed by atoms with Crippen LogP contribution in [0, 0.1) is 12.3 Å². The maximum Gasteiger partial charge on any atom is 0.310 e. The molecular weight excluding hydrogens is 220 g/mol. The average molecular weight is 238 g/mol. The Labute approximate surface area is 100 Å². The molecule has 1 atom stereocenters. The Morgan fingerprint density at radius 3 is 2.94 bits per heavy atom. The molecule has 0 radical (unpaired) electrons. The summed E-state index contributed by atoms with van der Waals surface area (Å²) in [4.78, 5) is 17.6. The molecule has 1 aliphatic rings. The molecule has 0 spiro atoms. The first-order valence-electron chi connectivity index (χ1n) is 5.92. The smallest absolute Gasteiger partial charge is 0.310 e. The van der Waals surface area contributed by atoms with E-state index in [0.717, 1.165) is 24.4 Å². The van der Waals surface area contributed by atoms with Crippen molar-refractivity contribution >= 4 is 5.97 Å². The van der Waals surface area contributed by atoms with E-state index in [9.17, 15) is 9.90 Å². The van der Waals surface area contributed by atoms with Crippen LogP contribution in [0.3, 0.4) is 0 Å². The number of hydrogen-bond donors (Lipinski definition) is 1. The summed E-state index contributed by atoms with van der Waals surface area (Å²) in [6, 6.07) is 0. The number of aromatic nitrogens is 1. The number of nitrogens with zero attached hydrogens (tertiary/aromatic N) is 2. The fraction of sp³-hybridized carbons (Fsp3) is 0.667. The van der Waals surface area contributed by atoms with Gasteiger partial charge in [0, 0.05) is 13.1 Å². The van der Waals surface area contributed by atoms with Crippen LogP contribution in [0.1, 0.15) is 31.2 Å². The van der Waals surface area contributed by atoms with Crippen molar-refractivity contribution in [2.24, 2.45) is 5.41 Å². The predicted octanol–water partition coefficient (Wildman–Crippen LogP) is 1.67. The highest BCUT2D eigenvalue weighted by atomic mass is 16.4. The fourth-order valence-corrected chi connectivity index (χ4v) is 2.40. The van der Waals surface area contributed by atoms with Crippen LogP contribution in [0.5, 0.6) is 0 Å². The quantitative estimate of drug-likeness (QED) is 0.864. The second-order valence-corrected chi connectivity index (χ2v) is 4.75. The zero-order chi connectivity index (χ0) is 12.5. The first kappa shape index (κ1) is 12.1. The number of aryl methyl sites for hydroxylation is 1. The van der Waals surface area contributed by atoms with Crippen molar-refractivity contribution < 1.29 is 14.3 Å². The van der Waals surface area contributed by atoms with Gasteiger partial charge in [0.2, 0.25) is 0 Å². The largest absolute Gasteiger partial charge is 0.481 e. The number of carbonyl (C=O) groups is 1. The van der Waals surface area contributed by atoms with Gasteiger partial charge in [0.05, 0.1) is 11.1 Å². The molecule has 1 aromatic heterocycles. The van der Waals surface area contributed by atoms with E-state index in [2.05, 4.69) is 9.88 Å². The lowest BCUT2D eigenvalue weighted by Gasteiger charge is -2.22. The maximum atomic E-state index is 11.3. The third kappa shape index (κ3) is 2.20. The molecule has 1 fully saturated rings. The van der Waals surface area contributed by atoms with Gasteiger partial charge < -0.3 is 9.52 Å². The summed E-state index contributed by atoms with van der Waals surface area (Å²) in [5.41, 5.74) is 0.333. The predicted molar refractivity (Wildman–Crippen MR) is 61.5 cm³/mol.